The van der Waals surface area contributed by atoms with Gasteiger partial charge in [0.1, 0.15) is 11.5 Å². The Morgan fingerprint density at radius 1 is 1.20 bits per heavy atom. The number of nitrogen functional groups attached to an aromatic ring is 1. The van der Waals surface area contributed by atoms with Gasteiger partial charge in [-0.25, -0.2) is 8.78 Å². The fraction of sp³-hybridized carbons (Fsp3) is 0.133. The first-order chi connectivity index (χ1) is 9.40. The molecule has 0 fully saturated rings. The predicted octanol–water partition coefficient (Wildman–Crippen LogP) is 3.80. The molecule has 0 saturated carbocycles. The van der Waals surface area contributed by atoms with Crippen LogP contribution in [0.1, 0.15) is 22.8 Å². The van der Waals surface area contributed by atoms with Crippen molar-refractivity contribution in [3.05, 3.63) is 53.1 Å². The lowest BCUT2D eigenvalue weighted by Crippen LogP contribution is -2.03. The van der Waals surface area contributed by atoms with Crippen LogP contribution < -0.4 is 11.1 Å². The average Bonchev–Trinajstić information content (AvgIpc) is 2.40. The highest BCUT2D eigenvalue weighted by atomic mass is 19.1. The number of rotatable bonds is 3. The molecule has 104 valence electrons. The molecule has 0 aliphatic carbocycles. The van der Waals surface area contributed by atoms with Gasteiger partial charge < -0.3 is 11.1 Å². The third-order valence-corrected chi connectivity index (χ3v) is 2.99. The molecule has 0 unspecified atom stereocenters. The quantitative estimate of drug-likeness (QED) is 0.662. The number of hydrogen-bond donors (Lipinski definition) is 2. The van der Waals surface area contributed by atoms with E-state index < -0.39 is 11.6 Å². The van der Waals surface area contributed by atoms with Crippen LogP contribution in [-0.4, -0.2) is 5.78 Å². The van der Waals surface area contributed by atoms with Gasteiger partial charge in [0.15, 0.2) is 11.6 Å². The number of carbonyl (C=O) groups is 1. The van der Waals surface area contributed by atoms with Crippen LogP contribution in [0.5, 0.6) is 0 Å². The second kappa shape index (κ2) is 5.28. The van der Waals surface area contributed by atoms with Gasteiger partial charge in [0.25, 0.3) is 0 Å². The van der Waals surface area contributed by atoms with E-state index in [-0.39, 0.29) is 11.5 Å². The van der Waals surface area contributed by atoms with Gasteiger partial charge >= 0.3 is 0 Å². The molecule has 5 heteroatoms. The van der Waals surface area contributed by atoms with E-state index in [0.29, 0.717) is 22.5 Å². The molecule has 3 N–H and O–H groups in total. The fourth-order valence-electron chi connectivity index (χ4n) is 1.85. The van der Waals surface area contributed by atoms with Crippen LogP contribution in [0.4, 0.5) is 25.8 Å². The van der Waals surface area contributed by atoms with Gasteiger partial charge in [-0.05, 0) is 43.7 Å². The summed E-state index contributed by atoms with van der Waals surface area (Å²) in [7, 11) is 0. The molecule has 0 aliphatic heterocycles. The number of aryl methyl sites for hydroxylation is 1. The normalized spacial score (nSPS) is 10.4. The van der Waals surface area contributed by atoms with Crippen LogP contribution >= 0.6 is 0 Å². The van der Waals surface area contributed by atoms with Gasteiger partial charge in [0.05, 0.1) is 0 Å². The SMILES string of the molecule is CC(=O)c1cc(Nc2c(F)ccc(C)c2F)ccc1N. The van der Waals surface area contributed by atoms with E-state index in [9.17, 15) is 13.6 Å². The Balaban J connectivity index is 2.43. The third-order valence-electron chi connectivity index (χ3n) is 2.99. The summed E-state index contributed by atoms with van der Waals surface area (Å²) < 4.78 is 27.6. The monoisotopic (exact) mass is 276 g/mol. The smallest absolute Gasteiger partial charge is 0.161 e. The second-order valence-corrected chi connectivity index (χ2v) is 4.54. The van der Waals surface area contributed by atoms with Crippen molar-refractivity contribution in [2.45, 2.75) is 13.8 Å². The minimum atomic E-state index is -0.700. The topological polar surface area (TPSA) is 55.1 Å². The molecule has 2 aromatic carbocycles. The first kappa shape index (κ1) is 14.0. The Morgan fingerprint density at radius 2 is 1.90 bits per heavy atom. The number of nitrogens with one attached hydrogen (secondary N) is 1. The van der Waals surface area contributed by atoms with Gasteiger partial charge in [-0.2, -0.15) is 0 Å². The van der Waals surface area contributed by atoms with E-state index in [1.165, 1.54) is 31.2 Å². The van der Waals surface area contributed by atoms with E-state index in [2.05, 4.69) is 5.32 Å². The van der Waals surface area contributed by atoms with Crippen LogP contribution in [0.15, 0.2) is 30.3 Å². The lowest BCUT2D eigenvalue weighted by atomic mass is 10.1. The maximum atomic E-state index is 13.9. The zero-order valence-corrected chi connectivity index (χ0v) is 11.1. The highest BCUT2D eigenvalue weighted by Crippen LogP contribution is 2.27. The Morgan fingerprint density at radius 3 is 2.55 bits per heavy atom. The molecule has 0 aromatic heterocycles. The predicted molar refractivity (Wildman–Crippen MR) is 75.2 cm³/mol. The molecule has 0 amide bonds. The largest absolute Gasteiger partial charge is 0.398 e. The molecule has 0 heterocycles. The maximum absolute atomic E-state index is 13.9. The summed E-state index contributed by atoms with van der Waals surface area (Å²) in [5, 5.41) is 2.65. The Kier molecular flexibility index (Phi) is 3.70. The Bertz CT molecular complexity index is 684. The number of anilines is 3. The van der Waals surface area contributed by atoms with E-state index in [0.717, 1.165) is 0 Å². The average molecular weight is 276 g/mol. The van der Waals surface area contributed by atoms with Crippen molar-refractivity contribution < 1.29 is 13.6 Å². The van der Waals surface area contributed by atoms with E-state index in [4.69, 9.17) is 5.73 Å². The van der Waals surface area contributed by atoms with Gasteiger partial charge in [0.2, 0.25) is 0 Å². The standard InChI is InChI=1S/C15H14F2N2O/c1-8-3-5-12(16)15(14(8)17)19-10-4-6-13(18)11(7-10)9(2)20/h3-7,19H,18H2,1-2H3. The summed E-state index contributed by atoms with van der Waals surface area (Å²) in [5.74, 6) is -1.57. The van der Waals surface area contributed by atoms with Crippen molar-refractivity contribution in [1.29, 1.82) is 0 Å². The summed E-state index contributed by atoms with van der Waals surface area (Å²) in [6, 6.07) is 7.09. The molecule has 0 aliphatic rings. The molecule has 0 saturated heterocycles. The summed E-state index contributed by atoms with van der Waals surface area (Å²) in [6.07, 6.45) is 0. The van der Waals surface area contributed by atoms with Crippen LogP contribution in [0.2, 0.25) is 0 Å². The van der Waals surface area contributed by atoms with Gasteiger partial charge in [0, 0.05) is 16.9 Å². The van der Waals surface area contributed by atoms with E-state index >= 15 is 0 Å². The summed E-state index contributed by atoms with van der Waals surface area (Å²) in [5.41, 5.74) is 6.79. The second-order valence-electron chi connectivity index (χ2n) is 4.54. The lowest BCUT2D eigenvalue weighted by Gasteiger charge is -2.12. The number of ketones is 1. The first-order valence-electron chi connectivity index (χ1n) is 6.02. The van der Waals surface area contributed by atoms with Crippen molar-refractivity contribution in [2.75, 3.05) is 11.1 Å². The highest BCUT2D eigenvalue weighted by molar-refractivity contribution is 6.00. The first-order valence-corrected chi connectivity index (χ1v) is 6.02. The van der Waals surface area contributed by atoms with Crippen LogP contribution in [0, 0.1) is 18.6 Å². The van der Waals surface area contributed by atoms with Crippen molar-refractivity contribution in [2.24, 2.45) is 0 Å². The highest BCUT2D eigenvalue weighted by Gasteiger charge is 2.13. The van der Waals surface area contributed by atoms with Crippen LogP contribution in [-0.2, 0) is 0 Å². The molecular formula is C15H14F2N2O. The van der Waals surface area contributed by atoms with E-state index in [1.54, 1.807) is 13.0 Å². The van der Waals surface area contributed by atoms with Gasteiger partial charge in [-0.3, -0.25) is 4.79 Å². The number of hydrogen-bond acceptors (Lipinski definition) is 3. The zero-order valence-electron chi connectivity index (χ0n) is 11.1. The molecule has 2 rings (SSSR count). The minimum Gasteiger partial charge on any atom is -0.398 e. The molecule has 20 heavy (non-hydrogen) atoms. The number of nitrogens with two attached hydrogens (primary N) is 1. The maximum Gasteiger partial charge on any atom is 0.161 e. The van der Waals surface area contributed by atoms with Gasteiger partial charge in [-0.1, -0.05) is 6.07 Å². The van der Waals surface area contributed by atoms with Crippen LogP contribution in [0.3, 0.4) is 0 Å². The zero-order chi connectivity index (χ0) is 14.9. The number of carbonyl (C=O) groups excluding carboxylic acids is 1. The summed E-state index contributed by atoms with van der Waals surface area (Å²) in [6.45, 7) is 2.92. The number of benzene rings is 2. The number of halogens is 2. The lowest BCUT2D eigenvalue weighted by molar-refractivity contribution is 0.101. The van der Waals surface area contributed by atoms with Crippen molar-refractivity contribution in [3.63, 3.8) is 0 Å². The molecule has 0 bridgehead atoms. The third kappa shape index (κ3) is 2.61. The summed E-state index contributed by atoms with van der Waals surface area (Å²) >= 11 is 0. The molecule has 0 radical (unpaired) electrons. The summed E-state index contributed by atoms with van der Waals surface area (Å²) in [4.78, 5) is 11.4. The molecule has 0 spiro atoms. The Hall–Kier alpha value is -2.43. The van der Waals surface area contributed by atoms with Crippen molar-refractivity contribution in [3.8, 4) is 0 Å². The minimum absolute atomic E-state index is 0.212. The van der Waals surface area contributed by atoms with Crippen molar-refractivity contribution >= 4 is 22.8 Å². The fourth-order valence-corrected chi connectivity index (χ4v) is 1.85. The van der Waals surface area contributed by atoms with Gasteiger partial charge in [-0.15, -0.1) is 0 Å². The Labute approximate surface area is 115 Å². The molecular weight excluding hydrogens is 262 g/mol. The van der Waals surface area contributed by atoms with E-state index in [1.807, 2.05) is 0 Å². The molecule has 3 nitrogen and oxygen atoms in total. The molecule has 0 atom stereocenters. The molecule has 2 aromatic rings. The number of Topliss-reactive ketones (excluding diaryl/α,β-unsaturated/α-hetero) is 1. The van der Waals surface area contributed by atoms with Crippen molar-refractivity contribution in [1.82, 2.24) is 0 Å². The van der Waals surface area contributed by atoms with Crippen LogP contribution in [0.25, 0.3) is 0 Å².